The molecule has 0 aliphatic carbocycles. The number of hydrogen-bond acceptors (Lipinski definition) is 7. The smallest absolute Gasteiger partial charge is 0.437 e. The predicted octanol–water partition coefficient (Wildman–Crippen LogP) is 1.37. The quantitative estimate of drug-likeness (QED) is 0.705. The first-order valence-corrected chi connectivity index (χ1v) is 4.14. The van der Waals surface area contributed by atoms with Crippen LogP contribution in [0.4, 0.5) is 9.59 Å². The van der Waals surface area contributed by atoms with Crippen LogP contribution >= 0.6 is 0 Å². The molecule has 0 aliphatic rings. The van der Waals surface area contributed by atoms with Gasteiger partial charge in [0, 0.05) is 6.20 Å². The number of carbonyl (C=O) groups is 2. The fourth-order valence-electron chi connectivity index (χ4n) is 0.782. The highest BCUT2D eigenvalue weighted by atomic mass is 16.7. The SMILES string of the molecule is COC(=O)Oc1cccnc1OC(=O)OC. The number of aromatic nitrogens is 1. The Morgan fingerprint density at radius 3 is 2.38 bits per heavy atom. The van der Waals surface area contributed by atoms with Crippen molar-refractivity contribution in [2.75, 3.05) is 14.2 Å². The Morgan fingerprint density at radius 2 is 1.75 bits per heavy atom. The first-order valence-electron chi connectivity index (χ1n) is 4.14. The minimum Gasteiger partial charge on any atom is -0.437 e. The number of ether oxygens (including phenoxy) is 4. The fraction of sp³-hybridized carbons (Fsp3) is 0.222. The van der Waals surface area contributed by atoms with Gasteiger partial charge in [-0.1, -0.05) is 0 Å². The summed E-state index contributed by atoms with van der Waals surface area (Å²) < 4.78 is 17.9. The van der Waals surface area contributed by atoms with Gasteiger partial charge in [-0.3, -0.25) is 0 Å². The molecule has 0 bridgehead atoms. The summed E-state index contributed by atoms with van der Waals surface area (Å²) in [6, 6.07) is 2.89. The second-order valence-corrected chi connectivity index (χ2v) is 2.42. The minimum absolute atomic E-state index is 0.0419. The van der Waals surface area contributed by atoms with Crippen LogP contribution in [-0.2, 0) is 9.47 Å². The molecule has 0 spiro atoms. The number of pyridine rings is 1. The molecule has 0 fully saturated rings. The molecule has 0 saturated heterocycles. The second-order valence-electron chi connectivity index (χ2n) is 2.42. The zero-order valence-electron chi connectivity index (χ0n) is 8.63. The van der Waals surface area contributed by atoms with Crippen LogP contribution in [0.15, 0.2) is 18.3 Å². The van der Waals surface area contributed by atoms with Crippen LogP contribution in [0, 0.1) is 0 Å². The van der Waals surface area contributed by atoms with Crippen LogP contribution < -0.4 is 9.47 Å². The molecule has 86 valence electrons. The van der Waals surface area contributed by atoms with Crippen molar-refractivity contribution in [3.05, 3.63) is 18.3 Å². The van der Waals surface area contributed by atoms with E-state index in [2.05, 4.69) is 23.9 Å². The van der Waals surface area contributed by atoms with Crippen molar-refractivity contribution < 1.29 is 28.5 Å². The van der Waals surface area contributed by atoms with Gasteiger partial charge in [-0.15, -0.1) is 0 Å². The van der Waals surface area contributed by atoms with Crippen molar-refractivity contribution in [1.82, 2.24) is 4.98 Å². The van der Waals surface area contributed by atoms with Gasteiger partial charge in [0.25, 0.3) is 5.88 Å². The maximum atomic E-state index is 10.8. The molecular weight excluding hydrogens is 218 g/mol. The van der Waals surface area contributed by atoms with Gasteiger partial charge < -0.3 is 18.9 Å². The Kier molecular flexibility index (Phi) is 4.07. The highest BCUT2D eigenvalue weighted by Gasteiger charge is 2.14. The summed E-state index contributed by atoms with van der Waals surface area (Å²) in [5.74, 6) is -0.223. The first kappa shape index (κ1) is 11.8. The second kappa shape index (κ2) is 5.54. The third-order valence-corrected chi connectivity index (χ3v) is 1.44. The maximum absolute atomic E-state index is 10.8. The summed E-state index contributed by atoms with van der Waals surface area (Å²) >= 11 is 0. The number of rotatable bonds is 2. The Morgan fingerprint density at radius 1 is 1.12 bits per heavy atom. The third kappa shape index (κ3) is 3.12. The average molecular weight is 227 g/mol. The van der Waals surface area contributed by atoms with Gasteiger partial charge >= 0.3 is 12.3 Å². The average Bonchev–Trinajstić information content (AvgIpc) is 2.31. The molecule has 0 amide bonds. The van der Waals surface area contributed by atoms with E-state index in [1.807, 2.05) is 0 Å². The lowest BCUT2D eigenvalue weighted by atomic mass is 10.4. The maximum Gasteiger partial charge on any atom is 0.515 e. The van der Waals surface area contributed by atoms with Gasteiger partial charge in [-0.05, 0) is 12.1 Å². The van der Waals surface area contributed by atoms with Gasteiger partial charge in [-0.25, -0.2) is 14.6 Å². The summed E-state index contributed by atoms with van der Waals surface area (Å²) in [7, 11) is 2.30. The molecule has 16 heavy (non-hydrogen) atoms. The molecule has 0 aromatic carbocycles. The molecule has 1 aromatic rings. The van der Waals surface area contributed by atoms with Crippen molar-refractivity contribution in [2.45, 2.75) is 0 Å². The lowest BCUT2D eigenvalue weighted by molar-refractivity contribution is 0.109. The number of methoxy groups -OCH3 is 2. The Hall–Kier alpha value is -2.31. The van der Waals surface area contributed by atoms with Gasteiger partial charge in [0.2, 0.25) is 0 Å². The van der Waals surface area contributed by atoms with E-state index in [1.54, 1.807) is 0 Å². The van der Waals surface area contributed by atoms with Crippen molar-refractivity contribution in [3.63, 3.8) is 0 Å². The van der Waals surface area contributed by atoms with Crippen LogP contribution in [0.25, 0.3) is 0 Å². The van der Waals surface area contributed by atoms with E-state index in [0.29, 0.717) is 0 Å². The molecule has 1 rings (SSSR count). The highest BCUT2D eigenvalue weighted by Crippen LogP contribution is 2.24. The molecule has 0 radical (unpaired) electrons. The first-order chi connectivity index (χ1) is 7.67. The van der Waals surface area contributed by atoms with Crippen molar-refractivity contribution in [2.24, 2.45) is 0 Å². The Labute approximate surface area is 90.9 Å². The normalized spacial score (nSPS) is 9.12. The van der Waals surface area contributed by atoms with Crippen LogP contribution in [0.5, 0.6) is 11.6 Å². The largest absolute Gasteiger partial charge is 0.515 e. The minimum atomic E-state index is -0.964. The van der Waals surface area contributed by atoms with E-state index in [4.69, 9.17) is 0 Å². The highest BCUT2D eigenvalue weighted by molar-refractivity contribution is 5.67. The Bertz CT molecular complexity index is 354. The molecule has 1 heterocycles. The summed E-state index contributed by atoms with van der Waals surface area (Å²) in [6.07, 6.45) is -0.543. The fourth-order valence-corrected chi connectivity index (χ4v) is 0.782. The van der Waals surface area contributed by atoms with Crippen LogP contribution in [0.1, 0.15) is 0 Å². The third-order valence-electron chi connectivity index (χ3n) is 1.44. The molecule has 7 nitrogen and oxygen atoms in total. The zero-order valence-corrected chi connectivity index (χ0v) is 8.63. The zero-order chi connectivity index (χ0) is 12.0. The molecule has 0 saturated carbocycles. The summed E-state index contributed by atoms with van der Waals surface area (Å²) in [5.41, 5.74) is 0. The van der Waals surface area contributed by atoms with Crippen molar-refractivity contribution >= 4 is 12.3 Å². The van der Waals surface area contributed by atoms with Gasteiger partial charge in [0.1, 0.15) is 0 Å². The molecule has 0 aliphatic heterocycles. The number of nitrogens with zero attached hydrogens (tertiary/aromatic N) is 1. The predicted molar refractivity (Wildman–Crippen MR) is 50.3 cm³/mol. The topological polar surface area (TPSA) is 84.0 Å². The molecule has 0 unspecified atom stereocenters. The Balaban J connectivity index is 2.83. The number of hydrogen-bond donors (Lipinski definition) is 0. The molecule has 0 atom stereocenters. The summed E-state index contributed by atoms with van der Waals surface area (Å²) in [4.78, 5) is 25.4. The van der Waals surface area contributed by atoms with Crippen LogP contribution in [-0.4, -0.2) is 31.5 Å². The van der Waals surface area contributed by atoms with E-state index < -0.39 is 12.3 Å². The standard InChI is InChI=1S/C9H9NO6/c1-13-8(11)15-6-4-3-5-10-7(6)16-9(12)14-2/h3-5H,1-2H3. The van der Waals surface area contributed by atoms with E-state index in [1.165, 1.54) is 18.3 Å². The van der Waals surface area contributed by atoms with Gasteiger partial charge in [0.05, 0.1) is 14.2 Å². The summed E-state index contributed by atoms with van der Waals surface area (Å²) in [5, 5.41) is 0. The van der Waals surface area contributed by atoms with Crippen molar-refractivity contribution in [1.29, 1.82) is 0 Å². The monoisotopic (exact) mass is 227 g/mol. The van der Waals surface area contributed by atoms with Gasteiger partial charge in [-0.2, -0.15) is 0 Å². The molecular formula is C9H9NO6. The van der Waals surface area contributed by atoms with E-state index >= 15 is 0 Å². The number of carbonyl (C=O) groups excluding carboxylic acids is 2. The van der Waals surface area contributed by atoms with E-state index in [-0.39, 0.29) is 11.6 Å². The molecule has 7 heteroatoms. The summed E-state index contributed by atoms with van der Waals surface area (Å²) in [6.45, 7) is 0. The lowest BCUT2D eigenvalue weighted by Crippen LogP contribution is -2.12. The van der Waals surface area contributed by atoms with Crippen molar-refractivity contribution in [3.8, 4) is 11.6 Å². The molecule has 0 N–H and O–H groups in total. The van der Waals surface area contributed by atoms with Crippen LogP contribution in [0.2, 0.25) is 0 Å². The van der Waals surface area contributed by atoms with E-state index in [9.17, 15) is 9.59 Å². The van der Waals surface area contributed by atoms with Crippen LogP contribution in [0.3, 0.4) is 0 Å². The van der Waals surface area contributed by atoms with E-state index in [0.717, 1.165) is 14.2 Å². The molecule has 1 aromatic heterocycles. The van der Waals surface area contributed by atoms with Gasteiger partial charge in [0.15, 0.2) is 5.75 Å². The lowest BCUT2D eigenvalue weighted by Gasteiger charge is -2.06.